The van der Waals surface area contributed by atoms with Crippen molar-refractivity contribution in [1.82, 2.24) is 0 Å². The maximum absolute atomic E-state index is 12.1. The fourth-order valence-corrected chi connectivity index (χ4v) is 2.51. The molecule has 0 saturated heterocycles. The topological polar surface area (TPSA) is 87.8 Å². The largest absolute Gasteiger partial charge is 0.475 e. The third-order valence-electron chi connectivity index (χ3n) is 3.46. The maximum Gasteiger partial charge on any atom is 0.372 e. The molecule has 2 aromatic rings. The van der Waals surface area contributed by atoms with Crippen LogP contribution in [0.1, 0.15) is 32.0 Å². The molecule has 1 aliphatic heterocycles. The third-order valence-corrected chi connectivity index (χ3v) is 3.46. The molecular formula is C15H11NO5. The lowest BCUT2D eigenvalue weighted by Crippen LogP contribution is -2.29. The van der Waals surface area contributed by atoms with Crippen LogP contribution >= 0.6 is 0 Å². The van der Waals surface area contributed by atoms with Gasteiger partial charge in [-0.1, -0.05) is 12.1 Å². The van der Waals surface area contributed by atoms with Gasteiger partial charge in [0.15, 0.2) is 0 Å². The molecule has 2 heterocycles. The summed E-state index contributed by atoms with van der Waals surface area (Å²) in [5.74, 6) is -2.67. The van der Waals surface area contributed by atoms with Crippen molar-refractivity contribution < 1.29 is 23.9 Å². The average Bonchev–Trinajstić information content (AvgIpc) is 2.99. The fraction of sp³-hybridized carbons (Fsp3) is 0.133. The first-order valence-electron chi connectivity index (χ1n) is 6.26. The van der Waals surface area contributed by atoms with Gasteiger partial charge in [-0.15, -0.1) is 0 Å². The molecule has 0 aliphatic carbocycles. The summed E-state index contributed by atoms with van der Waals surface area (Å²) in [5.41, 5.74) is 2.01. The van der Waals surface area contributed by atoms with Crippen molar-refractivity contribution in [1.29, 1.82) is 0 Å². The van der Waals surface area contributed by atoms with E-state index in [9.17, 15) is 14.4 Å². The van der Waals surface area contributed by atoms with Gasteiger partial charge in [-0.25, -0.2) is 4.79 Å². The highest BCUT2D eigenvalue weighted by Crippen LogP contribution is 2.33. The number of carbonyl (C=O) groups excluding carboxylic acids is 2. The lowest BCUT2D eigenvalue weighted by atomic mass is 10.1. The SMILES string of the molecule is Cc1cccc2c1N(Cc1ccoc1C(=O)O)C(=O)C2=O. The van der Waals surface area contributed by atoms with Crippen LogP contribution in [0.25, 0.3) is 0 Å². The number of carboxylic acid groups (broad SMARTS) is 1. The summed E-state index contributed by atoms with van der Waals surface area (Å²) >= 11 is 0. The molecule has 106 valence electrons. The Morgan fingerprint density at radius 1 is 1.29 bits per heavy atom. The number of Topliss-reactive ketones (excluding diaryl/α,β-unsaturated/α-hetero) is 1. The minimum atomic E-state index is -1.21. The van der Waals surface area contributed by atoms with Crippen LogP contribution in [0.3, 0.4) is 0 Å². The van der Waals surface area contributed by atoms with Crippen molar-refractivity contribution >= 4 is 23.3 Å². The van der Waals surface area contributed by atoms with E-state index in [0.717, 1.165) is 5.56 Å². The molecule has 0 unspecified atom stereocenters. The second-order valence-electron chi connectivity index (χ2n) is 4.77. The lowest BCUT2D eigenvalue weighted by Gasteiger charge is -2.17. The Labute approximate surface area is 119 Å². The molecule has 0 spiro atoms. The van der Waals surface area contributed by atoms with E-state index in [1.54, 1.807) is 25.1 Å². The van der Waals surface area contributed by atoms with Crippen molar-refractivity contribution in [2.75, 3.05) is 4.90 Å². The van der Waals surface area contributed by atoms with Gasteiger partial charge in [-0.3, -0.25) is 14.5 Å². The molecule has 0 atom stereocenters. The third kappa shape index (κ3) is 1.92. The van der Waals surface area contributed by atoms with E-state index in [1.807, 2.05) is 0 Å². The summed E-state index contributed by atoms with van der Waals surface area (Å²) in [5, 5.41) is 9.03. The number of nitrogens with zero attached hydrogens (tertiary/aromatic N) is 1. The van der Waals surface area contributed by atoms with Crippen molar-refractivity contribution in [3.05, 3.63) is 53.0 Å². The highest BCUT2D eigenvalue weighted by molar-refractivity contribution is 6.52. The van der Waals surface area contributed by atoms with Gasteiger partial charge in [0.25, 0.3) is 11.7 Å². The Balaban J connectivity index is 2.05. The first-order valence-corrected chi connectivity index (χ1v) is 6.26. The molecule has 1 aromatic heterocycles. The van der Waals surface area contributed by atoms with Crippen LogP contribution in [0.4, 0.5) is 5.69 Å². The molecule has 1 amide bonds. The van der Waals surface area contributed by atoms with E-state index in [-0.39, 0.29) is 12.3 Å². The summed E-state index contributed by atoms with van der Waals surface area (Å²) in [6.07, 6.45) is 1.25. The zero-order valence-corrected chi connectivity index (χ0v) is 11.1. The van der Waals surface area contributed by atoms with Crippen molar-refractivity contribution in [2.24, 2.45) is 0 Å². The number of aromatic carboxylic acids is 1. The van der Waals surface area contributed by atoms with E-state index < -0.39 is 17.7 Å². The van der Waals surface area contributed by atoms with Gasteiger partial charge in [0, 0.05) is 5.56 Å². The van der Waals surface area contributed by atoms with Gasteiger partial charge in [-0.2, -0.15) is 0 Å². The van der Waals surface area contributed by atoms with Crippen LogP contribution in [0.15, 0.2) is 34.9 Å². The maximum atomic E-state index is 12.1. The van der Waals surface area contributed by atoms with Crippen molar-refractivity contribution in [3.63, 3.8) is 0 Å². The molecule has 6 heteroatoms. The first-order chi connectivity index (χ1) is 10.0. The number of anilines is 1. The van der Waals surface area contributed by atoms with Crippen LogP contribution in [-0.2, 0) is 11.3 Å². The van der Waals surface area contributed by atoms with Gasteiger partial charge < -0.3 is 9.52 Å². The second kappa shape index (κ2) is 4.59. The first kappa shape index (κ1) is 13.1. The van der Waals surface area contributed by atoms with Crippen LogP contribution in [0, 0.1) is 6.92 Å². The quantitative estimate of drug-likeness (QED) is 0.871. The highest BCUT2D eigenvalue weighted by Gasteiger charge is 2.37. The lowest BCUT2D eigenvalue weighted by molar-refractivity contribution is -0.114. The monoisotopic (exact) mass is 285 g/mol. The molecule has 1 N–H and O–H groups in total. The zero-order valence-electron chi connectivity index (χ0n) is 11.1. The minimum Gasteiger partial charge on any atom is -0.475 e. The predicted molar refractivity (Wildman–Crippen MR) is 72.4 cm³/mol. The minimum absolute atomic E-state index is 0.0133. The average molecular weight is 285 g/mol. The molecule has 0 radical (unpaired) electrons. The smallest absolute Gasteiger partial charge is 0.372 e. The summed E-state index contributed by atoms with van der Waals surface area (Å²) < 4.78 is 4.89. The van der Waals surface area contributed by atoms with Gasteiger partial charge in [0.2, 0.25) is 5.76 Å². The van der Waals surface area contributed by atoms with E-state index >= 15 is 0 Å². The number of rotatable bonds is 3. The van der Waals surface area contributed by atoms with Crippen LogP contribution in [-0.4, -0.2) is 22.8 Å². The summed E-state index contributed by atoms with van der Waals surface area (Å²) in [4.78, 5) is 36.4. The number of benzene rings is 1. The Morgan fingerprint density at radius 3 is 2.76 bits per heavy atom. The van der Waals surface area contributed by atoms with Crippen LogP contribution in [0.2, 0.25) is 0 Å². The standard InChI is InChI=1S/C15H11NO5/c1-8-3-2-4-10-11(8)16(14(18)12(10)17)7-9-5-6-21-13(9)15(19)20/h2-6H,7H2,1H3,(H,19,20). The number of amides is 1. The summed E-state index contributed by atoms with van der Waals surface area (Å²) in [6.45, 7) is 1.78. The molecule has 21 heavy (non-hydrogen) atoms. The Kier molecular flexibility index (Phi) is 2.86. The number of furan rings is 1. The Hall–Kier alpha value is -2.89. The van der Waals surface area contributed by atoms with E-state index in [0.29, 0.717) is 16.8 Å². The normalized spacial score (nSPS) is 13.7. The molecule has 3 rings (SSSR count). The van der Waals surface area contributed by atoms with Crippen LogP contribution < -0.4 is 4.90 Å². The van der Waals surface area contributed by atoms with Gasteiger partial charge in [0.1, 0.15) is 0 Å². The number of hydrogen-bond donors (Lipinski definition) is 1. The Bertz CT molecular complexity index is 774. The number of aryl methyl sites for hydroxylation is 1. The highest BCUT2D eigenvalue weighted by atomic mass is 16.4. The zero-order chi connectivity index (χ0) is 15.1. The number of para-hydroxylation sites is 1. The molecule has 6 nitrogen and oxygen atoms in total. The predicted octanol–water partition coefficient (Wildman–Crippen LogP) is 2.02. The van der Waals surface area contributed by atoms with Gasteiger partial charge in [0.05, 0.1) is 24.1 Å². The fourth-order valence-electron chi connectivity index (χ4n) is 2.51. The van der Waals surface area contributed by atoms with E-state index in [4.69, 9.17) is 9.52 Å². The van der Waals surface area contributed by atoms with E-state index in [2.05, 4.69) is 0 Å². The molecular weight excluding hydrogens is 274 g/mol. The number of carboxylic acids is 1. The number of hydrogen-bond acceptors (Lipinski definition) is 4. The van der Waals surface area contributed by atoms with Crippen molar-refractivity contribution in [2.45, 2.75) is 13.5 Å². The van der Waals surface area contributed by atoms with Gasteiger partial charge in [-0.05, 0) is 24.6 Å². The molecule has 1 aliphatic rings. The number of ketones is 1. The molecule has 0 fully saturated rings. The number of carbonyl (C=O) groups is 3. The molecule has 0 bridgehead atoms. The van der Waals surface area contributed by atoms with Crippen molar-refractivity contribution in [3.8, 4) is 0 Å². The van der Waals surface area contributed by atoms with Gasteiger partial charge >= 0.3 is 5.97 Å². The molecule has 1 aromatic carbocycles. The Morgan fingerprint density at radius 2 is 2.05 bits per heavy atom. The van der Waals surface area contributed by atoms with E-state index in [1.165, 1.54) is 17.2 Å². The number of fused-ring (bicyclic) bond motifs is 1. The summed E-state index contributed by atoms with van der Waals surface area (Å²) in [6, 6.07) is 6.59. The van der Waals surface area contributed by atoms with Crippen LogP contribution in [0.5, 0.6) is 0 Å². The second-order valence-corrected chi connectivity index (χ2v) is 4.77. The summed E-state index contributed by atoms with van der Waals surface area (Å²) in [7, 11) is 0. The molecule has 0 saturated carbocycles.